The van der Waals surface area contributed by atoms with Gasteiger partial charge in [-0.3, -0.25) is 0 Å². The Morgan fingerprint density at radius 3 is 1.68 bits per heavy atom. The van der Waals surface area contributed by atoms with Crippen molar-refractivity contribution in [3.05, 3.63) is 110 Å². The molecule has 3 aromatic carbocycles. The molecule has 0 aromatic heterocycles. The fourth-order valence-corrected chi connectivity index (χ4v) is 23.0. The Bertz CT molecular complexity index is 1090. The van der Waals surface area contributed by atoms with Gasteiger partial charge in [0, 0.05) is 0 Å². The lowest BCUT2D eigenvalue weighted by atomic mass is 10.3. The lowest BCUT2D eigenvalue weighted by Crippen LogP contribution is -2.66. The second-order valence-corrected chi connectivity index (χ2v) is 19.9. The van der Waals surface area contributed by atoms with Crippen molar-refractivity contribution in [3.8, 4) is 5.75 Å². The van der Waals surface area contributed by atoms with E-state index in [1.807, 2.05) is 55.5 Å². The number of rotatable bonds is 12. The third kappa shape index (κ3) is 5.78. The van der Waals surface area contributed by atoms with E-state index >= 15 is 0 Å². The summed E-state index contributed by atoms with van der Waals surface area (Å²) in [6.45, 7) is 10.8. The molecule has 34 heavy (non-hydrogen) atoms. The maximum atomic E-state index is 14.0. The summed E-state index contributed by atoms with van der Waals surface area (Å²) in [6.07, 6.45) is 4.03. The van der Waals surface area contributed by atoms with Crippen molar-refractivity contribution < 1.29 is 13.5 Å². The van der Waals surface area contributed by atoms with Crippen LogP contribution in [0.5, 0.6) is 5.75 Å². The van der Waals surface area contributed by atoms with Crippen LogP contribution >= 0.6 is 22.6 Å². The Hall–Kier alpha value is -2.04. The minimum atomic E-state index is -2.43. The van der Waals surface area contributed by atoms with Gasteiger partial charge in [0.05, 0.1) is 14.7 Å². The molecule has 0 N–H and O–H groups in total. The Labute approximate surface area is 217 Å². The molecule has 0 bridgehead atoms. The molecule has 0 saturated carbocycles. The zero-order valence-electron chi connectivity index (χ0n) is 19.6. The highest BCUT2D eigenvalue weighted by atomic mass is 127. The predicted octanol–water partition coefficient (Wildman–Crippen LogP) is 6.17. The van der Waals surface area contributed by atoms with Gasteiger partial charge in [-0.2, -0.15) is 0 Å². The largest absolute Gasteiger partial charge is 0.494 e. The molecule has 1 nitrogen and oxygen atoms in total. The van der Waals surface area contributed by atoms with Crippen LogP contribution in [0.3, 0.4) is 0 Å². The van der Waals surface area contributed by atoms with Crippen LogP contribution in [-0.2, 0) is 0 Å². The maximum Gasteiger partial charge on any atom is 0.123 e. The SMILES string of the molecule is C=CC[Si](CI)(C[Si](CC=C)(c1ccc(F)cc1)c1ccc(OCC)cc1)c1ccc(F)cc1. The van der Waals surface area contributed by atoms with Gasteiger partial charge >= 0.3 is 0 Å². The third-order valence-electron chi connectivity index (χ3n) is 6.50. The summed E-state index contributed by atoms with van der Waals surface area (Å²) in [5, 5.41) is 3.69. The van der Waals surface area contributed by atoms with Crippen LogP contribution in [0.15, 0.2) is 98.1 Å². The molecule has 0 heterocycles. The van der Waals surface area contributed by atoms with Gasteiger partial charge in [-0.25, -0.2) is 8.78 Å². The fourth-order valence-electron chi connectivity index (χ4n) is 4.86. The van der Waals surface area contributed by atoms with Crippen LogP contribution in [0.2, 0.25) is 17.8 Å². The molecule has 0 spiro atoms. The van der Waals surface area contributed by atoms with Crippen molar-refractivity contribution in [2.45, 2.75) is 24.7 Å². The normalized spacial score (nSPS) is 14.6. The maximum absolute atomic E-state index is 14.0. The molecule has 0 fully saturated rings. The van der Waals surface area contributed by atoms with Gasteiger partial charge in [0.2, 0.25) is 0 Å². The van der Waals surface area contributed by atoms with Gasteiger partial charge in [0.15, 0.2) is 0 Å². The number of hydrogen-bond acceptors (Lipinski definition) is 1. The molecule has 2 unspecified atom stereocenters. The first-order valence-electron chi connectivity index (χ1n) is 11.5. The molecular formula is C28H31F2IOSi2. The molecular weight excluding hydrogens is 573 g/mol. The summed E-state index contributed by atoms with van der Waals surface area (Å²) >= 11 is 2.50. The van der Waals surface area contributed by atoms with E-state index in [2.05, 4.69) is 47.9 Å². The topological polar surface area (TPSA) is 9.23 Å². The van der Waals surface area contributed by atoms with E-state index in [1.54, 1.807) is 24.3 Å². The van der Waals surface area contributed by atoms with E-state index in [0.717, 1.165) is 27.6 Å². The summed E-state index contributed by atoms with van der Waals surface area (Å²) in [4.78, 5) is 0. The average Bonchev–Trinajstić information content (AvgIpc) is 2.85. The Morgan fingerprint density at radius 2 is 1.24 bits per heavy atom. The van der Waals surface area contributed by atoms with E-state index in [1.165, 1.54) is 15.6 Å². The first kappa shape index (κ1) is 26.6. The van der Waals surface area contributed by atoms with Crippen molar-refractivity contribution in [3.63, 3.8) is 0 Å². The molecule has 0 radical (unpaired) electrons. The van der Waals surface area contributed by atoms with Crippen molar-refractivity contribution >= 4 is 54.3 Å². The number of alkyl halides is 1. The summed E-state index contributed by atoms with van der Waals surface area (Å²) in [6, 6.07) is 24.2. The van der Waals surface area contributed by atoms with Crippen LogP contribution in [-0.4, -0.2) is 26.8 Å². The van der Waals surface area contributed by atoms with Gasteiger partial charge in [-0.05, 0) is 65.1 Å². The highest BCUT2D eigenvalue weighted by molar-refractivity contribution is 14.1. The van der Waals surface area contributed by atoms with Gasteiger partial charge in [0.25, 0.3) is 0 Å². The van der Waals surface area contributed by atoms with Gasteiger partial charge in [-0.1, -0.05) is 86.7 Å². The Morgan fingerprint density at radius 1 is 0.765 bits per heavy atom. The fraction of sp³-hybridized carbons (Fsp3) is 0.214. The number of allylic oxidation sites excluding steroid dienone is 2. The molecule has 178 valence electrons. The smallest absolute Gasteiger partial charge is 0.123 e. The highest BCUT2D eigenvalue weighted by Gasteiger charge is 2.46. The van der Waals surface area contributed by atoms with Crippen LogP contribution in [0.1, 0.15) is 6.92 Å². The highest BCUT2D eigenvalue weighted by Crippen LogP contribution is 2.30. The molecule has 2 atom stereocenters. The van der Waals surface area contributed by atoms with Crippen LogP contribution in [0.25, 0.3) is 0 Å². The minimum Gasteiger partial charge on any atom is -0.494 e. The summed E-state index contributed by atoms with van der Waals surface area (Å²) in [5.74, 6) is 0.381. The number of ether oxygens (including phenoxy) is 1. The zero-order valence-corrected chi connectivity index (χ0v) is 23.7. The molecule has 0 saturated heterocycles. The van der Waals surface area contributed by atoms with E-state index in [4.69, 9.17) is 4.74 Å². The lowest BCUT2D eigenvalue weighted by molar-refractivity contribution is 0.340. The molecule has 6 heteroatoms. The van der Waals surface area contributed by atoms with E-state index in [-0.39, 0.29) is 11.6 Å². The van der Waals surface area contributed by atoms with Gasteiger partial charge in [0.1, 0.15) is 25.5 Å². The van der Waals surface area contributed by atoms with Crippen LogP contribution in [0, 0.1) is 11.6 Å². The van der Waals surface area contributed by atoms with Crippen molar-refractivity contribution in [1.29, 1.82) is 0 Å². The summed E-state index contributed by atoms with van der Waals surface area (Å²) in [5.41, 5.74) is 0.992. The van der Waals surface area contributed by atoms with E-state index in [9.17, 15) is 8.78 Å². The number of halogens is 3. The molecule has 3 rings (SSSR count). The first-order valence-corrected chi connectivity index (χ1v) is 18.0. The van der Waals surface area contributed by atoms with Crippen molar-refractivity contribution in [1.82, 2.24) is 0 Å². The van der Waals surface area contributed by atoms with E-state index < -0.39 is 16.1 Å². The monoisotopic (exact) mass is 604 g/mol. The predicted molar refractivity (Wildman–Crippen MR) is 155 cm³/mol. The Kier molecular flexibility index (Phi) is 9.44. The summed E-state index contributed by atoms with van der Waals surface area (Å²) < 4.78 is 34.5. The number of hydrogen-bond donors (Lipinski definition) is 0. The standard InChI is InChI=1S/C28H31F2IOSi2/c1-4-19-33(21-31,26-13-7-23(29)8-14-26)22-34(20-5-2,27-15-9-24(30)10-16-27)28-17-11-25(12-18-28)32-6-3/h4-5,7-18H,1-2,6,19-22H2,3H3. The van der Waals surface area contributed by atoms with Crippen LogP contribution < -0.4 is 20.3 Å². The molecule has 0 aliphatic heterocycles. The Balaban J connectivity index is 2.25. The van der Waals surface area contributed by atoms with Crippen molar-refractivity contribution in [2.24, 2.45) is 0 Å². The van der Waals surface area contributed by atoms with Gasteiger partial charge in [-0.15, -0.1) is 13.2 Å². The third-order valence-corrected chi connectivity index (χ3v) is 23.0. The molecule has 3 aromatic rings. The second kappa shape index (κ2) is 12.1. The molecule has 0 aliphatic carbocycles. The molecule has 0 amide bonds. The average molecular weight is 605 g/mol. The van der Waals surface area contributed by atoms with E-state index in [0.29, 0.717) is 6.61 Å². The molecule has 0 aliphatic rings. The summed E-state index contributed by atoms with van der Waals surface area (Å²) in [7, 11) is -4.59. The number of benzene rings is 3. The second-order valence-electron chi connectivity index (χ2n) is 8.63. The van der Waals surface area contributed by atoms with Gasteiger partial charge < -0.3 is 4.74 Å². The first-order chi connectivity index (χ1) is 16.4. The minimum absolute atomic E-state index is 0.224. The van der Waals surface area contributed by atoms with Crippen molar-refractivity contribution in [2.75, 3.05) is 10.7 Å². The quantitative estimate of drug-likeness (QED) is 0.104. The zero-order chi connectivity index (χ0) is 24.6. The van der Waals surface area contributed by atoms with Crippen LogP contribution in [0.4, 0.5) is 8.78 Å². The lowest BCUT2D eigenvalue weighted by Gasteiger charge is -2.41.